The summed E-state index contributed by atoms with van der Waals surface area (Å²) in [4.78, 5) is 31.9. The highest BCUT2D eigenvalue weighted by Crippen LogP contribution is 2.32. The van der Waals surface area contributed by atoms with Crippen LogP contribution in [0.1, 0.15) is 36.6 Å². The molecule has 0 radical (unpaired) electrons. The maximum absolute atomic E-state index is 13.8. The third kappa shape index (κ3) is 6.45. The average Bonchev–Trinajstić information content (AvgIpc) is 3.22. The summed E-state index contributed by atoms with van der Waals surface area (Å²) in [7, 11) is 0. The van der Waals surface area contributed by atoms with Gasteiger partial charge >= 0.3 is 5.97 Å². The molecule has 0 aliphatic carbocycles. The molecule has 1 aliphatic rings. The van der Waals surface area contributed by atoms with Gasteiger partial charge in [-0.05, 0) is 118 Å². The first-order chi connectivity index (χ1) is 19.7. The molecular weight excluding hydrogens is 793 g/mol. The Balaban J connectivity index is 1.55. The van der Waals surface area contributed by atoms with Crippen LogP contribution >= 0.6 is 68.1 Å². The number of benzene rings is 3. The number of esters is 1. The van der Waals surface area contributed by atoms with Crippen LogP contribution in [0.15, 0.2) is 81.7 Å². The predicted molar refractivity (Wildman–Crippen MR) is 174 cm³/mol. The Morgan fingerprint density at radius 2 is 1.85 bits per heavy atom. The molecule has 41 heavy (non-hydrogen) atoms. The zero-order valence-electron chi connectivity index (χ0n) is 21.8. The molecule has 1 aromatic heterocycles. The molecule has 0 N–H and O–H groups in total. The lowest BCUT2D eigenvalue weighted by atomic mass is 9.96. The second-order valence-corrected chi connectivity index (χ2v) is 12.9. The van der Waals surface area contributed by atoms with Crippen LogP contribution in [-0.2, 0) is 16.1 Å². The van der Waals surface area contributed by atoms with Crippen molar-refractivity contribution in [3.63, 3.8) is 0 Å². The zero-order chi connectivity index (χ0) is 29.3. The van der Waals surface area contributed by atoms with E-state index in [2.05, 4.69) is 50.2 Å². The van der Waals surface area contributed by atoms with Crippen molar-refractivity contribution in [2.75, 3.05) is 6.61 Å². The molecule has 2 heterocycles. The molecule has 1 atom stereocenters. The Hall–Kier alpha value is -2.55. The van der Waals surface area contributed by atoms with Crippen LogP contribution in [0.25, 0.3) is 6.08 Å². The SMILES string of the molecule is CCOC(=O)C1=C(C)N=c2s/c(=C\c3cc(I)c(OCc4cccc(Cl)c4)c(I)c3)c(=O)n2[C@@H]1c1ccc(F)cc1. The molecule has 0 spiro atoms. The maximum Gasteiger partial charge on any atom is 0.338 e. The Kier molecular flexibility index (Phi) is 9.31. The lowest BCUT2D eigenvalue weighted by Gasteiger charge is -2.24. The van der Waals surface area contributed by atoms with E-state index in [1.54, 1.807) is 32.1 Å². The van der Waals surface area contributed by atoms with Gasteiger partial charge in [0, 0.05) is 5.02 Å². The Bertz CT molecular complexity index is 1850. The highest BCUT2D eigenvalue weighted by Gasteiger charge is 2.33. The number of ether oxygens (including phenoxy) is 2. The number of fused-ring (bicyclic) bond motifs is 1. The van der Waals surface area contributed by atoms with Crippen LogP contribution in [0.3, 0.4) is 0 Å². The minimum atomic E-state index is -0.796. The van der Waals surface area contributed by atoms with Crippen LogP contribution in [-0.4, -0.2) is 17.1 Å². The van der Waals surface area contributed by atoms with Gasteiger partial charge in [-0.3, -0.25) is 9.36 Å². The topological polar surface area (TPSA) is 69.9 Å². The summed E-state index contributed by atoms with van der Waals surface area (Å²) in [6.07, 6.45) is 1.81. The fourth-order valence-electron chi connectivity index (χ4n) is 4.49. The smallest absolute Gasteiger partial charge is 0.338 e. The first-order valence-electron chi connectivity index (χ1n) is 12.5. The minimum absolute atomic E-state index is 0.173. The zero-order valence-corrected chi connectivity index (χ0v) is 27.7. The highest BCUT2D eigenvalue weighted by molar-refractivity contribution is 14.1. The first kappa shape index (κ1) is 29.9. The van der Waals surface area contributed by atoms with Crippen molar-refractivity contribution < 1.29 is 18.7 Å². The number of carbonyl (C=O) groups is 1. The van der Waals surface area contributed by atoms with Crippen molar-refractivity contribution in [2.45, 2.75) is 26.5 Å². The molecule has 6 nitrogen and oxygen atoms in total. The van der Waals surface area contributed by atoms with Gasteiger partial charge in [0.2, 0.25) is 0 Å². The van der Waals surface area contributed by atoms with Crippen LogP contribution in [0.5, 0.6) is 5.75 Å². The Labute approximate surface area is 271 Å². The number of hydrogen-bond donors (Lipinski definition) is 0. The van der Waals surface area contributed by atoms with Crippen molar-refractivity contribution in [3.05, 3.63) is 126 Å². The van der Waals surface area contributed by atoms with Crippen LogP contribution in [0, 0.1) is 13.0 Å². The summed E-state index contributed by atoms with van der Waals surface area (Å²) in [5.41, 5.74) is 2.77. The van der Waals surface area contributed by atoms with E-state index in [0.717, 1.165) is 24.0 Å². The van der Waals surface area contributed by atoms with Crippen LogP contribution < -0.4 is 19.6 Å². The molecule has 0 unspecified atom stereocenters. The number of hydrogen-bond acceptors (Lipinski definition) is 6. The lowest BCUT2D eigenvalue weighted by molar-refractivity contribution is -0.139. The van der Waals surface area contributed by atoms with E-state index in [9.17, 15) is 14.0 Å². The van der Waals surface area contributed by atoms with E-state index in [1.807, 2.05) is 36.4 Å². The van der Waals surface area contributed by atoms with Crippen LogP contribution in [0.4, 0.5) is 4.39 Å². The second-order valence-electron chi connectivity index (χ2n) is 9.09. The molecule has 5 rings (SSSR count). The molecule has 3 aromatic carbocycles. The van der Waals surface area contributed by atoms with Crippen molar-refractivity contribution in [1.82, 2.24) is 4.57 Å². The van der Waals surface area contributed by atoms with Crippen molar-refractivity contribution in [2.24, 2.45) is 4.99 Å². The molecule has 0 fully saturated rings. The average molecular weight is 815 g/mol. The van der Waals surface area contributed by atoms with Crippen molar-refractivity contribution >= 4 is 80.2 Å². The molecule has 0 saturated heterocycles. The predicted octanol–water partition coefficient (Wildman–Crippen LogP) is 6.38. The van der Waals surface area contributed by atoms with Gasteiger partial charge in [-0.15, -0.1) is 0 Å². The number of allylic oxidation sites excluding steroid dienone is 1. The Morgan fingerprint density at radius 1 is 1.15 bits per heavy atom. The number of thiazole rings is 1. The fourth-order valence-corrected chi connectivity index (χ4v) is 7.87. The van der Waals surface area contributed by atoms with Gasteiger partial charge in [0.25, 0.3) is 5.56 Å². The monoisotopic (exact) mass is 814 g/mol. The number of carbonyl (C=O) groups excluding carboxylic acids is 1. The van der Waals surface area contributed by atoms with Crippen molar-refractivity contribution in [3.8, 4) is 5.75 Å². The van der Waals surface area contributed by atoms with Gasteiger partial charge in [0.05, 0.1) is 35.6 Å². The van der Waals surface area contributed by atoms with Gasteiger partial charge in [0.15, 0.2) is 4.80 Å². The maximum atomic E-state index is 13.8. The fraction of sp³-hybridized carbons (Fsp3) is 0.167. The van der Waals surface area contributed by atoms with E-state index >= 15 is 0 Å². The molecule has 210 valence electrons. The van der Waals surface area contributed by atoms with E-state index in [0.29, 0.717) is 32.2 Å². The molecule has 1 aliphatic heterocycles. The van der Waals surface area contributed by atoms with Gasteiger partial charge < -0.3 is 9.47 Å². The summed E-state index contributed by atoms with van der Waals surface area (Å²) in [5, 5.41) is 0.651. The molecular formula is C30H22ClFI2N2O4S. The molecule has 0 saturated carbocycles. The summed E-state index contributed by atoms with van der Waals surface area (Å²) in [6.45, 7) is 3.97. The van der Waals surface area contributed by atoms with E-state index in [4.69, 9.17) is 21.1 Å². The van der Waals surface area contributed by atoms with E-state index in [-0.39, 0.29) is 17.7 Å². The molecule has 11 heteroatoms. The largest absolute Gasteiger partial charge is 0.487 e. The van der Waals surface area contributed by atoms with Gasteiger partial charge in [-0.25, -0.2) is 14.2 Å². The number of nitrogens with zero attached hydrogens (tertiary/aromatic N) is 2. The molecule has 4 aromatic rings. The third-order valence-electron chi connectivity index (χ3n) is 6.29. The number of halogens is 4. The minimum Gasteiger partial charge on any atom is -0.487 e. The van der Waals surface area contributed by atoms with E-state index < -0.39 is 17.8 Å². The standard InChI is InChI=1S/C30H22ClFI2N2O4S/c1-3-39-29(38)25-16(2)35-30-36(26(25)19-7-9-21(32)10-8-19)28(37)24(41-30)14-18-12-22(33)27(23(34)13-18)40-15-17-5-4-6-20(31)11-17/h4-14,26H,3,15H2,1-2H3/b24-14-/t26-/m1/s1. The first-order valence-corrected chi connectivity index (χ1v) is 15.8. The highest BCUT2D eigenvalue weighted by atomic mass is 127. The normalized spacial score (nSPS) is 15.0. The third-order valence-corrected chi connectivity index (χ3v) is 9.11. The second kappa shape index (κ2) is 12.8. The van der Waals surface area contributed by atoms with Gasteiger partial charge in [-0.1, -0.05) is 47.2 Å². The van der Waals surface area contributed by atoms with Gasteiger partial charge in [-0.2, -0.15) is 0 Å². The number of aromatic nitrogens is 1. The van der Waals surface area contributed by atoms with Gasteiger partial charge in [0.1, 0.15) is 18.2 Å². The summed E-state index contributed by atoms with van der Waals surface area (Å²) < 4.78 is 28.9. The Morgan fingerprint density at radius 3 is 2.51 bits per heavy atom. The molecule has 0 amide bonds. The number of rotatable bonds is 7. The van der Waals surface area contributed by atoms with Crippen molar-refractivity contribution in [1.29, 1.82) is 0 Å². The lowest BCUT2D eigenvalue weighted by Crippen LogP contribution is -2.39. The van der Waals surface area contributed by atoms with Crippen LogP contribution in [0.2, 0.25) is 5.02 Å². The quantitative estimate of drug-likeness (QED) is 0.161. The summed E-state index contributed by atoms with van der Waals surface area (Å²) in [6, 6.07) is 16.4. The molecule has 0 bridgehead atoms. The summed E-state index contributed by atoms with van der Waals surface area (Å²) >= 11 is 11.8. The summed E-state index contributed by atoms with van der Waals surface area (Å²) in [5.74, 6) is -0.227. The van der Waals surface area contributed by atoms with E-state index in [1.165, 1.54) is 28.0 Å².